The van der Waals surface area contributed by atoms with E-state index in [1.54, 1.807) is 12.1 Å². The van der Waals surface area contributed by atoms with Gasteiger partial charge in [-0.3, -0.25) is 4.79 Å². The van der Waals surface area contributed by atoms with Crippen LogP contribution in [0.3, 0.4) is 0 Å². The Morgan fingerprint density at radius 3 is 2.55 bits per heavy atom. The topological polar surface area (TPSA) is 70.4 Å². The number of ketones is 1. The van der Waals surface area contributed by atoms with Gasteiger partial charge in [-0.25, -0.2) is 0 Å². The lowest BCUT2D eigenvalue weighted by atomic mass is 9.81. The molecule has 0 aliphatic heterocycles. The molecular weight excluding hydrogens is 386 g/mol. The minimum Gasteiger partial charge on any atom is -0.506 e. The van der Waals surface area contributed by atoms with Gasteiger partial charge in [0.15, 0.2) is 0 Å². The first kappa shape index (κ1) is 23.0. The third-order valence-electron chi connectivity index (χ3n) is 5.20. The van der Waals surface area contributed by atoms with Gasteiger partial charge < -0.3 is 15.3 Å². The number of phenols is 1. The van der Waals surface area contributed by atoms with E-state index in [-0.39, 0.29) is 16.6 Å². The monoisotopic (exact) mass is 415 g/mol. The minimum atomic E-state index is -0.460. The van der Waals surface area contributed by atoms with E-state index in [1.807, 2.05) is 39.8 Å². The van der Waals surface area contributed by atoms with E-state index >= 15 is 0 Å². The molecule has 2 N–H and O–H groups in total. The van der Waals surface area contributed by atoms with Crippen LogP contribution >= 0.6 is 11.6 Å². The lowest BCUT2D eigenvalue weighted by Gasteiger charge is -2.23. The molecule has 156 valence electrons. The van der Waals surface area contributed by atoms with Crippen LogP contribution in [0.1, 0.15) is 56.2 Å². The van der Waals surface area contributed by atoms with Crippen LogP contribution in [0.2, 0.25) is 5.02 Å². The maximum Gasteiger partial charge on any atom is 0.138 e. The van der Waals surface area contributed by atoms with Gasteiger partial charge in [0.1, 0.15) is 17.3 Å². The zero-order valence-corrected chi connectivity index (χ0v) is 18.4. The zero-order valence-electron chi connectivity index (χ0n) is 17.6. The molecule has 0 spiro atoms. The second-order valence-electron chi connectivity index (χ2n) is 8.17. The number of aromatic hydroxyl groups is 1. The van der Waals surface area contributed by atoms with Crippen molar-refractivity contribution >= 4 is 23.1 Å². The lowest BCUT2D eigenvalue weighted by Crippen LogP contribution is -2.25. The van der Waals surface area contributed by atoms with Crippen LogP contribution < -0.4 is 4.74 Å². The van der Waals surface area contributed by atoms with Gasteiger partial charge in [-0.2, -0.15) is 0 Å². The Bertz CT molecular complexity index is 890. The van der Waals surface area contributed by atoms with Crippen molar-refractivity contribution in [3.05, 3.63) is 58.1 Å². The van der Waals surface area contributed by atoms with Crippen LogP contribution in [0, 0.1) is 24.7 Å². The number of aryl methyl sites for hydroxylation is 2. The lowest BCUT2D eigenvalue weighted by molar-refractivity contribution is -0.127. The Morgan fingerprint density at radius 1 is 1.14 bits per heavy atom. The average Bonchev–Trinajstić information content (AvgIpc) is 2.67. The number of carbonyl (C=O) groups excluding carboxylic acids is 1. The van der Waals surface area contributed by atoms with Crippen molar-refractivity contribution in [2.24, 2.45) is 5.41 Å². The molecule has 2 rings (SSSR count). The second kappa shape index (κ2) is 9.93. The van der Waals surface area contributed by atoms with Crippen molar-refractivity contribution in [1.82, 2.24) is 0 Å². The highest BCUT2D eigenvalue weighted by molar-refractivity contribution is 6.32. The van der Waals surface area contributed by atoms with Crippen LogP contribution in [0.4, 0.5) is 0 Å². The average molecular weight is 416 g/mol. The van der Waals surface area contributed by atoms with Crippen LogP contribution in [0.25, 0.3) is 0 Å². The van der Waals surface area contributed by atoms with Gasteiger partial charge in [-0.05, 0) is 74.1 Å². The molecule has 0 atom stereocenters. The summed E-state index contributed by atoms with van der Waals surface area (Å²) in [5, 5.41) is 17.9. The largest absolute Gasteiger partial charge is 0.506 e. The number of nitrogens with one attached hydrogen (secondary N) is 1. The smallest absolute Gasteiger partial charge is 0.138 e. The maximum absolute atomic E-state index is 12.7. The Morgan fingerprint density at radius 2 is 1.86 bits per heavy atom. The molecule has 0 amide bonds. The molecule has 0 bridgehead atoms. The fourth-order valence-electron chi connectivity index (χ4n) is 3.11. The Kier molecular flexibility index (Phi) is 7.86. The van der Waals surface area contributed by atoms with E-state index in [0.717, 1.165) is 24.2 Å². The minimum absolute atomic E-state index is 0.0106. The first-order chi connectivity index (χ1) is 13.6. The number of phenolic OH excluding ortho intramolecular Hbond substituents is 1. The Balaban J connectivity index is 1.80. The molecule has 0 saturated carbocycles. The van der Waals surface area contributed by atoms with Crippen molar-refractivity contribution in [2.75, 3.05) is 6.61 Å². The van der Waals surface area contributed by atoms with Crippen molar-refractivity contribution < 1.29 is 14.6 Å². The molecule has 5 heteroatoms. The number of hydrogen-bond donors (Lipinski definition) is 2. The Labute approximate surface area is 178 Å². The number of carbonyl (C=O) groups is 1. The maximum atomic E-state index is 12.7. The molecule has 0 aliphatic carbocycles. The summed E-state index contributed by atoms with van der Waals surface area (Å²) in [4.78, 5) is 12.7. The van der Waals surface area contributed by atoms with Gasteiger partial charge in [0.05, 0.1) is 11.6 Å². The summed E-state index contributed by atoms with van der Waals surface area (Å²) in [6.45, 7) is 8.54. The molecule has 2 aromatic carbocycles. The van der Waals surface area contributed by atoms with E-state index in [1.165, 1.54) is 11.6 Å². The number of rotatable bonds is 10. The summed E-state index contributed by atoms with van der Waals surface area (Å²) in [5.74, 6) is 1.03. The number of Topliss-reactive ketones (excluding diaryl/α,β-unsaturated/α-hetero) is 1. The van der Waals surface area contributed by atoms with E-state index in [4.69, 9.17) is 21.7 Å². The van der Waals surface area contributed by atoms with Gasteiger partial charge in [-0.15, -0.1) is 0 Å². The van der Waals surface area contributed by atoms with E-state index in [0.29, 0.717) is 30.7 Å². The van der Waals surface area contributed by atoms with Crippen LogP contribution in [-0.4, -0.2) is 23.2 Å². The van der Waals surface area contributed by atoms with Crippen molar-refractivity contribution in [1.29, 1.82) is 5.41 Å². The molecular formula is C24H30ClNO3. The van der Waals surface area contributed by atoms with E-state index in [9.17, 15) is 9.90 Å². The normalized spacial score (nSPS) is 11.3. The fraction of sp³-hybridized carbons (Fsp3) is 0.417. The summed E-state index contributed by atoms with van der Waals surface area (Å²) in [5.41, 5.74) is 2.78. The first-order valence-corrected chi connectivity index (χ1v) is 10.3. The number of hydrogen-bond acceptors (Lipinski definition) is 4. The SMILES string of the molecule is Cc1ccc(C)c(OCCCC(C)(C)C(=O)CCC(=N)c2ccc(O)c(Cl)c2)c1. The molecule has 2 aromatic rings. The van der Waals surface area contributed by atoms with Crippen LogP contribution in [-0.2, 0) is 4.79 Å². The van der Waals surface area contributed by atoms with Crippen molar-refractivity contribution in [2.45, 2.75) is 53.4 Å². The first-order valence-electron chi connectivity index (χ1n) is 9.90. The molecule has 0 fully saturated rings. The predicted octanol–water partition coefficient (Wildman–Crippen LogP) is 6.27. The summed E-state index contributed by atoms with van der Waals surface area (Å²) < 4.78 is 5.89. The summed E-state index contributed by atoms with van der Waals surface area (Å²) in [6, 6.07) is 10.8. The molecule has 0 aliphatic rings. The number of benzene rings is 2. The van der Waals surface area contributed by atoms with Gasteiger partial charge in [-0.1, -0.05) is 37.6 Å². The fourth-order valence-corrected chi connectivity index (χ4v) is 3.29. The zero-order chi connectivity index (χ0) is 21.6. The van der Waals surface area contributed by atoms with Crippen LogP contribution in [0.5, 0.6) is 11.5 Å². The van der Waals surface area contributed by atoms with Gasteiger partial charge in [0.2, 0.25) is 0 Å². The highest BCUT2D eigenvalue weighted by Gasteiger charge is 2.26. The summed E-state index contributed by atoms with van der Waals surface area (Å²) in [6.07, 6.45) is 2.18. The van der Waals surface area contributed by atoms with Gasteiger partial charge >= 0.3 is 0 Å². The van der Waals surface area contributed by atoms with Gasteiger partial charge in [0, 0.05) is 17.5 Å². The van der Waals surface area contributed by atoms with Crippen molar-refractivity contribution in [3.63, 3.8) is 0 Å². The highest BCUT2D eigenvalue weighted by Crippen LogP contribution is 2.28. The molecule has 0 unspecified atom stereocenters. The van der Waals surface area contributed by atoms with Crippen LogP contribution in [0.15, 0.2) is 36.4 Å². The van der Waals surface area contributed by atoms with Crippen molar-refractivity contribution in [3.8, 4) is 11.5 Å². The van der Waals surface area contributed by atoms with E-state index in [2.05, 4.69) is 6.07 Å². The summed E-state index contributed by atoms with van der Waals surface area (Å²) >= 11 is 5.90. The van der Waals surface area contributed by atoms with E-state index < -0.39 is 5.41 Å². The predicted molar refractivity (Wildman–Crippen MR) is 119 cm³/mol. The molecule has 4 nitrogen and oxygen atoms in total. The number of halogens is 1. The third-order valence-corrected chi connectivity index (χ3v) is 5.50. The quantitative estimate of drug-likeness (QED) is 0.355. The molecule has 0 saturated heterocycles. The molecule has 29 heavy (non-hydrogen) atoms. The number of ether oxygens (including phenoxy) is 1. The highest BCUT2D eigenvalue weighted by atomic mass is 35.5. The third kappa shape index (κ3) is 6.60. The standard InChI is InChI=1S/C24H30ClNO3/c1-16-6-7-17(2)22(14-16)29-13-5-12-24(3,4)23(28)11-9-20(26)18-8-10-21(27)19(25)15-18/h6-8,10,14-15,26-27H,5,9,11-13H2,1-4H3. The van der Waals surface area contributed by atoms with Gasteiger partial charge in [0.25, 0.3) is 0 Å². The molecule has 0 aromatic heterocycles. The molecule has 0 heterocycles. The second-order valence-corrected chi connectivity index (χ2v) is 8.58. The summed E-state index contributed by atoms with van der Waals surface area (Å²) in [7, 11) is 0. The molecule has 0 radical (unpaired) electrons. The Hall–Kier alpha value is -2.33.